The van der Waals surface area contributed by atoms with Crippen LogP contribution in [-0.2, 0) is 20.2 Å². The fourth-order valence-corrected chi connectivity index (χ4v) is 2.00. The van der Waals surface area contributed by atoms with Gasteiger partial charge in [0, 0.05) is 24.7 Å². The van der Waals surface area contributed by atoms with Crippen molar-refractivity contribution >= 4 is 0 Å². The van der Waals surface area contributed by atoms with Crippen LogP contribution in [-0.4, -0.2) is 15.8 Å². The van der Waals surface area contributed by atoms with Gasteiger partial charge in [-0.15, -0.1) is 0 Å². The van der Waals surface area contributed by atoms with Crippen molar-refractivity contribution in [1.82, 2.24) is 15.1 Å². The number of hydrogen-bond acceptors (Lipinski definition) is 4. The highest BCUT2D eigenvalue weighted by molar-refractivity contribution is 5.21. The standard InChI is InChI=1S/C15H23N3O2/c1-10(2)16-8-14-7-13(12(4)20-14)9-19-15-6-11(3)17-18(15)5/h6-7,10,16H,8-9H2,1-5H3. The van der Waals surface area contributed by atoms with Crippen molar-refractivity contribution in [3.8, 4) is 5.88 Å². The molecule has 2 rings (SSSR count). The first-order valence-electron chi connectivity index (χ1n) is 6.90. The first kappa shape index (κ1) is 14.7. The summed E-state index contributed by atoms with van der Waals surface area (Å²) in [5.41, 5.74) is 2.03. The number of ether oxygens (including phenoxy) is 1. The van der Waals surface area contributed by atoms with E-state index in [1.165, 1.54) is 0 Å². The molecule has 0 unspecified atom stereocenters. The second-order valence-corrected chi connectivity index (χ2v) is 5.37. The second-order valence-electron chi connectivity index (χ2n) is 5.37. The predicted molar refractivity (Wildman–Crippen MR) is 77.7 cm³/mol. The smallest absolute Gasteiger partial charge is 0.212 e. The summed E-state index contributed by atoms with van der Waals surface area (Å²) < 4.78 is 13.2. The predicted octanol–water partition coefficient (Wildman–Crippen LogP) is 2.71. The number of nitrogens with zero attached hydrogens (tertiary/aromatic N) is 2. The van der Waals surface area contributed by atoms with E-state index in [-0.39, 0.29) is 0 Å². The number of aromatic nitrogens is 2. The second kappa shape index (κ2) is 6.13. The maximum Gasteiger partial charge on any atom is 0.212 e. The maximum atomic E-state index is 5.78. The molecule has 0 bridgehead atoms. The Bertz CT molecular complexity index is 570. The van der Waals surface area contributed by atoms with Gasteiger partial charge >= 0.3 is 0 Å². The molecule has 2 aromatic rings. The van der Waals surface area contributed by atoms with Gasteiger partial charge in [-0.2, -0.15) is 5.10 Å². The fourth-order valence-electron chi connectivity index (χ4n) is 2.00. The summed E-state index contributed by atoms with van der Waals surface area (Å²) in [5, 5.41) is 7.60. The molecule has 0 fully saturated rings. The summed E-state index contributed by atoms with van der Waals surface area (Å²) in [6.07, 6.45) is 0. The minimum Gasteiger partial charge on any atom is -0.473 e. The molecular weight excluding hydrogens is 254 g/mol. The highest BCUT2D eigenvalue weighted by atomic mass is 16.5. The summed E-state index contributed by atoms with van der Waals surface area (Å²) in [6, 6.07) is 4.42. The fraction of sp³-hybridized carbons (Fsp3) is 0.533. The van der Waals surface area contributed by atoms with Crippen LogP contribution in [0.15, 0.2) is 16.5 Å². The van der Waals surface area contributed by atoms with Crippen molar-refractivity contribution in [3.05, 3.63) is 34.9 Å². The molecule has 20 heavy (non-hydrogen) atoms. The lowest BCUT2D eigenvalue weighted by Gasteiger charge is -2.04. The molecule has 5 nitrogen and oxygen atoms in total. The summed E-state index contributed by atoms with van der Waals surface area (Å²) in [5.74, 6) is 2.62. The van der Waals surface area contributed by atoms with Gasteiger partial charge in [0.25, 0.3) is 0 Å². The van der Waals surface area contributed by atoms with Crippen LogP contribution in [0.25, 0.3) is 0 Å². The molecule has 0 aliphatic rings. The third-order valence-corrected chi connectivity index (χ3v) is 3.09. The van der Waals surface area contributed by atoms with Crippen LogP contribution in [0.1, 0.15) is 36.6 Å². The van der Waals surface area contributed by atoms with Crippen LogP contribution in [0.2, 0.25) is 0 Å². The van der Waals surface area contributed by atoms with Crippen molar-refractivity contribution < 1.29 is 9.15 Å². The highest BCUT2D eigenvalue weighted by Gasteiger charge is 2.10. The highest BCUT2D eigenvalue weighted by Crippen LogP contribution is 2.18. The lowest BCUT2D eigenvalue weighted by atomic mass is 10.2. The van der Waals surface area contributed by atoms with Gasteiger partial charge in [-0.3, -0.25) is 0 Å². The third-order valence-electron chi connectivity index (χ3n) is 3.09. The SMILES string of the molecule is Cc1cc(OCc2cc(CNC(C)C)oc2C)n(C)n1. The van der Waals surface area contributed by atoms with Crippen LogP contribution in [0.4, 0.5) is 0 Å². The van der Waals surface area contributed by atoms with E-state index in [4.69, 9.17) is 9.15 Å². The van der Waals surface area contributed by atoms with Crippen molar-refractivity contribution in [2.24, 2.45) is 7.05 Å². The molecule has 0 aliphatic heterocycles. The van der Waals surface area contributed by atoms with Crippen molar-refractivity contribution in [3.63, 3.8) is 0 Å². The Morgan fingerprint density at radius 1 is 1.35 bits per heavy atom. The van der Waals surface area contributed by atoms with Crippen LogP contribution in [0.5, 0.6) is 5.88 Å². The Balaban J connectivity index is 1.97. The molecular formula is C15H23N3O2. The zero-order valence-electron chi connectivity index (χ0n) is 12.9. The van der Waals surface area contributed by atoms with Crippen LogP contribution < -0.4 is 10.1 Å². The number of nitrogens with one attached hydrogen (secondary N) is 1. The van der Waals surface area contributed by atoms with Gasteiger partial charge in [0.1, 0.15) is 18.1 Å². The van der Waals surface area contributed by atoms with Gasteiger partial charge in [-0.1, -0.05) is 13.8 Å². The minimum atomic E-state index is 0.442. The Morgan fingerprint density at radius 3 is 2.70 bits per heavy atom. The molecule has 1 N–H and O–H groups in total. The van der Waals surface area contributed by atoms with E-state index in [9.17, 15) is 0 Å². The summed E-state index contributed by atoms with van der Waals surface area (Å²) in [4.78, 5) is 0. The normalized spacial score (nSPS) is 11.3. The number of hydrogen-bond donors (Lipinski definition) is 1. The molecule has 0 atom stereocenters. The molecule has 0 radical (unpaired) electrons. The summed E-state index contributed by atoms with van der Waals surface area (Å²) in [7, 11) is 1.88. The van der Waals surface area contributed by atoms with Crippen LogP contribution in [0.3, 0.4) is 0 Å². The number of furan rings is 1. The van der Waals surface area contributed by atoms with Crippen molar-refractivity contribution in [2.75, 3.05) is 0 Å². The largest absolute Gasteiger partial charge is 0.473 e. The lowest BCUT2D eigenvalue weighted by Crippen LogP contribution is -2.21. The van der Waals surface area contributed by atoms with Gasteiger partial charge in [0.2, 0.25) is 5.88 Å². The quantitative estimate of drug-likeness (QED) is 0.882. The zero-order valence-corrected chi connectivity index (χ0v) is 12.9. The first-order valence-corrected chi connectivity index (χ1v) is 6.90. The average Bonchev–Trinajstić information content (AvgIpc) is 2.87. The average molecular weight is 277 g/mol. The molecule has 0 amide bonds. The third kappa shape index (κ3) is 3.63. The van der Waals surface area contributed by atoms with E-state index in [1.54, 1.807) is 4.68 Å². The molecule has 2 heterocycles. The van der Waals surface area contributed by atoms with Crippen molar-refractivity contribution in [1.29, 1.82) is 0 Å². The summed E-state index contributed by atoms with van der Waals surface area (Å²) >= 11 is 0. The topological polar surface area (TPSA) is 52.2 Å². The zero-order chi connectivity index (χ0) is 14.7. The maximum absolute atomic E-state index is 5.78. The number of aryl methyl sites for hydroxylation is 3. The lowest BCUT2D eigenvalue weighted by molar-refractivity contribution is 0.276. The molecule has 0 saturated heterocycles. The first-order chi connectivity index (χ1) is 9.45. The van der Waals surface area contributed by atoms with E-state index in [2.05, 4.69) is 24.3 Å². The molecule has 0 saturated carbocycles. The van der Waals surface area contributed by atoms with E-state index < -0.39 is 0 Å². The van der Waals surface area contributed by atoms with Gasteiger partial charge in [0.15, 0.2) is 0 Å². The summed E-state index contributed by atoms with van der Waals surface area (Å²) in [6.45, 7) is 9.38. The van der Waals surface area contributed by atoms with E-state index in [0.717, 1.165) is 35.2 Å². The molecule has 2 aromatic heterocycles. The molecule has 0 spiro atoms. The van der Waals surface area contributed by atoms with Gasteiger partial charge in [-0.25, -0.2) is 4.68 Å². The Labute approximate surface area is 119 Å². The van der Waals surface area contributed by atoms with E-state index in [1.807, 2.05) is 33.0 Å². The van der Waals surface area contributed by atoms with Crippen LogP contribution in [0, 0.1) is 13.8 Å². The monoisotopic (exact) mass is 277 g/mol. The molecule has 0 aromatic carbocycles. The molecule has 0 aliphatic carbocycles. The Hall–Kier alpha value is -1.75. The minimum absolute atomic E-state index is 0.442. The van der Waals surface area contributed by atoms with Gasteiger partial charge < -0.3 is 14.5 Å². The van der Waals surface area contributed by atoms with Gasteiger partial charge in [0.05, 0.1) is 12.2 Å². The van der Waals surface area contributed by atoms with E-state index in [0.29, 0.717) is 12.6 Å². The van der Waals surface area contributed by atoms with Gasteiger partial charge in [-0.05, 0) is 19.9 Å². The van der Waals surface area contributed by atoms with E-state index >= 15 is 0 Å². The number of rotatable bonds is 6. The molecule has 110 valence electrons. The Morgan fingerprint density at radius 2 is 2.10 bits per heavy atom. The van der Waals surface area contributed by atoms with Crippen LogP contribution >= 0.6 is 0 Å². The Kier molecular flexibility index (Phi) is 4.49. The molecule has 5 heteroatoms. The van der Waals surface area contributed by atoms with Crippen molar-refractivity contribution in [2.45, 2.75) is 46.9 Å².